The molecule has 20 heavy (non-hydrogen) atoms. The molecular formula is C12H13ClN2O5. The summed E-state index contributed by atoms with van der Waals surface area (Å²) in [5, 5.41) is 19.2. The van der Waals surface area contributed by atoms with Crippen LogP contribution in [0.2, 0.25) is 5.02 Å². The number of carboxylic acids is 1. The number of nitro groups is 1. The number of aliphatic carboxylic acids is 1. The van der Waals surface area contributed by atoms with Gasteiger partial charge in [0.1, 0.15) is 5.02 Å². The molecule has 0 aliphatic rings. The molecule has 0 spiro atoms. The first-order valence-electron chi connectivity index (χ1n) is 5.74. The number of benzene rings is 1. The topological polar surface area (TPSA) is 101 Å². The van der Waals surface area contributed by atoms with Gasteiger partial charge in [0.2, 0.25) is 0 Å². The summed E-state index contributed by atoms with van der Waals surface area (Å²) in [7, 11) is 1.50. The fraction of sp³-hybridized carbons (Fsp3) is 0.333. The van der Waals surface area contributed by atoms with E-state index in [9.17, 15) is 19.7 Å². The van der Waals surface area contributed by atoms with Gasteiger partial charge in [-0.25, -0.2) is 0 Å². The molecule has 1 amide bonds. The van der Waals surface area contributed by atoms with Crippen LogP contribution in [0, 0.1) is 10.1 Å². The lowest BCUT2D eigenvalue weighted by atomic mass is 10.1. The third kappa shape index (κ3) is 4.20. The lowest BCUT2D eigenvalue weighted by Crippen LogP contribution is -2.28. The standard InChI is InChI=1S/C12H13ClN2O5/c1-14(6-2-3-11(16)17)12(18)8-4-5-9(13)10(7-8)15(19)20/h4-5,7H,2-3,6H2,1H3,(H,16,17). The van der Waals surface area contributed by atoms with Crippen LogP contribution >= 0.6 is 11.6 Å². The molecule has 0 aliphatic heterocycles. The van der Waals surface area contributed by atoms with E-state index >= 15 is 0 Å². The maximum absolute atomic E-state index is 12.0. The Hall–Kier alpha value is -2.15. The van der Waals surface area contributed by atoms with Gasteiger partial charge in [-0.05, 0) is 18.6 Å². The van der Waals surface area contributed by atoms with Gasteiger partial charge in [0.05, 0.1) is 4.92 Å². The molecule has 0 aromatic heterocycles. The normalized spacial score (nSPS) is 10.1. The molecule has 7 nitrogen and oxygen atoms in total. The van der Waals surface area contributed by atoms with Crippen molar-refractivity contribution in [2.24, 2.45) is 0 Å². The molecule has 0 radical (unpaired) electrons. The minimum absolute atomic E-state index is 0.0416. The van der Waals surface area contributed by atoms with Crippen molar-refractivity contribution in [2.75, 3.05) is 13.6 Å². The van der Waals surface area contributed by atoms with Crippen molar-refractivity contribution in [1.29, 1.82) is 0 Å². The Morgan fingerprint density at radius 1 is 1.45 bits per heavy atom. The van der Waals surface area contributed by atoms with Gasteiger partial charge in [0, 0.05) is 31.6 Å². The number of rotatable bonds is 6. The summed E-state index contributed by atoms with van der Waals surface area (Å²) < 4.78 is 0. The van der Waals surface area contributed by atoms with E-state index in [0.717, 1.165) is 6.07 Å². The zero-order valence-corrected chi connectivity index (χ0v) is 11.5. The van der Waals surface area contributed by atoms with Crippen molar-refractivity contribution in [3.05, 3.63) is 38.9 Å². The van der Waals surface area contributed by atoms with E-state index in [1.807, 2.05) is 0 Å². The smallest absolute Gasteiger partial charge is 0.303 e. The first kappa shape index (κ1) is 15.9. The van der Waals surface area contributed by atoms with Crippen molar-refractivity contribution in [2.45, 2.75) is 12.8 Å². The molecule has 0 saturated carbocycles. The number of halogens is 1. The first-order valence-corrected chi connectivity index (χ1v) is 6.12. The van der Waals surface area contributed by atoms with Gasteiger partial charge in [0.25, 0.3) is 11.6 Å². The van der Waals surface area contributed by atoms with Crippen LogP contribution in [0.25, 0.3) is 0 Å². The summed E-state index contributed by atoms with van der Waals surface area (Å²) in [6.07, 6.45) is 0.269. The molecule has 0 aliphatic carbocycles. The Balaban J connectivity index is 2.79. The zero-order valence-electron chi connectivity index (χ0n) is 10.7. The Bertz CT molecular complexity index is 547. The highest BCUT2D eigenvalue weighted by Crippen LogP contribution is 2.25. The maximum atomic E-state index is 12.0. The monoisotopic (exact) mass is 300 g/mol. The third-order valence-electron chi connectivity index (χ3n) is 2.62. The second-order valence-electron chi connectivity index (χ2n) is 4.15. The van der Waals surface area contributed by atoms with E-state index in [1.54, 1.807) is 0 Å². The number of carboxylic acid groups (broad SMARTS) is 1. The summed E-state index contributed by atoms with van der Waals surface area (Å²) in [6.45, 7) is 0.252. The van der Waals surface area contributed by atoms with Crippen molar-refractivity contribution in [3.8, 4) is 0 Å². The van der Waals surface area contributed by atoms with Crippen LogP contribution in [0.4, 0.5) is 5.69 Å². The summed E-state index contributed by atoms with van der Waals surface area (Å²) >= 11 is 5.66. The summed E-state index contributed by atoms with van der Waals surface area (Å²) in [5.74, 6) is -1.36. The Morgan fingerprint density at radius 3 is 2.65 bits per heavy atom. The predicted octanol–water partition coefficient (Wildman–Crippen LogP) is 2.18. The molecule has 1 aromatic rings. The molecule has 1 rings (SSSR count). The van der Waals surface area contributed by atoms with Crippen molar-refractivity contribution >= 4 is 29.2 Å². The summed E-state index contributed by atoms with van der Waals surface area (Å²) in [6, 6.07) is 3.79. The highest BCUT2D eigenvalue weighted by molar-refractivity contribution is 6.32. The molecule has 8 heteroatoms. The van der Waals surface area contributed by atoms with E-state index < -0.39 is 16.8 Å². The highest BCUT2D eigenvalue weighted by Gasteiger charge is 2.18. The highest BCUT2D eigenvalue weighted by atomic mass is 35.5. The fourth-order valence-electron chi connectivity index (χ4n) is 1.57. The molecule has 0 atom stereocenters. The minimum atomic E-state index is -0.937. The number of hydrogen-bond acceptors (Lipinski definition) is 4. The molecular weight excluding hydrogens is 288 g/mol. The van der Waals surface area contributed by atoms with Gasteiger partial charge in [-0.3, -0.25) is 19.7 Å². The van der Waals surface area contributed by atoms with Crippen molar-refractivity contribution in [3.63, 3.8) is 0 Å². The zero-order chi connectivity index (χ0) is 15.3. The number of carbonyl (C=O) groups is 2. The van der Waals surface area contributed by atoms with E-state index in [-0.39, 0.29) is 29.2 Å². The Morgan fingerprint density at radius 2 is 2.10 bits per heavy atom. The quantitative estimate of drug-likeness (QED) is 0.641. The van der Waals surface area contributed by atoms with Crippen LogP contribution in [-0.4, -0.2) is 40.4 Å². The van der Waals surface area contributed by atoms with Gasteiger partial charge < -0.3 is 10.0 Å². The van der Waals surface area contributed by atoms with E-state index in [0.29, 0.717) is 6.42 Å². The van der Waals surface area contributed by atoms with Crippen molar-refractivity contribution in [1.82, 2.24) is 4.90 Å². The molecule has 0 heterocycles. The second-order valence-corrected chi connectivity index (χ2v) is 4.55. The number of carbonyl (C=O) groups excluding carboxylic acids is 1. The van der Waals surface area contributed by atoms with Gasteiger partial charge in [0.15, 0.2) is 0 Å². The first-order chi connectivity index (χ1) is 9.32. The van der Waals surface area contributed by atoms with Crippen LogP contribution in [0.3, 0.4) is 0 Å². The lowest BCUT2D eigenvalue weighted by molar-refractivity contribution is -0.384. The minimum Gasteiger partial charge on any atom is -0.481 e. The van der Waals surface area contributed by atoms with Crippen LogP contribution in [-0.2, 0) is 4.79 Å². The molecule has 0 bridgehead atoms. The number of amides is 1. The van der Waals surface area contributed by atoms with Gasteiger partial charge in [-0.2, -0.15) is 0 Å². The molecule has 0 unspecified atom stereocenters. The molecule has 1 N–H and O–H groups in total. The summed E-state index contributed by atoms with van der Waals surface area (Å²) in [5.41, 5.74) is -0.199. The average molecular weight is 301 g/mol. The van der Waals surface area contributed by atoms with Crippen LogP contribution in [0.15, 0.2) is 18.2 Å². The van der Waals surface area contributed by atoms with E-state index in [2.05, 4.69) is 0 Å². The van der Waals surface area contributed by atoms with Crippen molar-refractivity contribution < 1.29 is 19.6 Å². The van der Waals surface area contributed by atoms with Gasteiger partial charge >= 0.3 is 5.97 Å². The predicted molar refractivity (Wildman–Crippen MR) is 71.9 cm³/mol. The third-order valence-corrected chi connectivity index (χ3v) is 2.94. The number of nitro benzene ring substituents is 1. The Labute approximate surface area is 119 Å². The van der Waals surface area contributed by atoms with E-state index in [4.69, 9.17) is 16.7 Å². The van der Waals surface area contributed by atoms with Crippen LogP contribution in [0.5, 0.6) is 0 Å². The maximum Gasteiger partial charge on any atom is 0.303 e. The second kappa shape index (κ2) is 6.85. The molecule has 108 valence electrons. The number of hydrogen-bond donors (Lipinski definition) is 1. The summed E-state index contributed by atoms with van der Waals surface area (Å²) in [4.78, 5) is 33.8. The van der Waals surface area contributed by atoms with Gasteiger partial charge in [-0.1, -0.05) is 11.6 Å². The van der Waals surface area contributed by atoms with E-state index in [1.165, 1.54) is 24.1 Å². The van der Waals surface area contributed by atoms with Gasteiger partial charge in [-0.15, -0.1) is 0 Å². The molecule has 1 aromatic carbocycles. The Kier molecular flexibility index (Phi) is 5.45. The number of nitrogens with zero attached hydrogens (tertiary/aromatic N) is 2. The van der Waals surface area contributed by atoms with Crippen LogP contribution < -0.4 is 0 Å². The average Bonchev–Trinajstić information content (AvgIpc) is 2.37. The fourth-order valence-corrected chi connectivity index (χ4v) is 1.76. The lowest BCUT2D eigenvalue weighted by Gasteiger charge is -2.16. The molecule has 0 fully saturated rings. The SMILES string of the molecule is CN(CCCC(=O)O)C(=O)c1ccc(Cl)c([N+](=O)[O-])c1. The molecule has 0 saturated heterocycles. The largest absolute Gasteiger partial charge is 0.481 e. The van der Waals surface area contributed by atoms with Crippen LogP contribution in [0.1, 0.15) is 23.2 Å².